The van der Waals surface area contributed by atoms with E-state index in [0.29, 0.717) is 65.0 Å². The summed E-state index contributed by atoms with van der Waals surface area (Å²) in [7, 11) is -6.69. The number of aryl methyl sites for hydroxylation is 12. The van der Waals surface area contributed by atoms with E-state index in [1.165, 1.54) is 106 Å². The van der Waals surface area contributed by atoms with Crippen molar-refractivity contribution in [2.45, 2.75) is 197 Å². The lowest BCUT2D eigenvalue weighted by molar-refractivity contribution is -0.703. The highest BCUT2D eigenvalue weighted by atomic mass is 35.5. The van der Waals surface area contributed by atoms with Gasteiger partial charge in [0.05, 0.1) is 47.9 Å². The van der Waals surface area contributed by atoms with E-state index in [9.17, 15) is 39.4 Å². The van der Waals surface area contributed by atoms with Crippen LogP contribution in [0.4, 0.5) is 16.2 Å². The summed E-state index contributed by atoms with van der Waals surface area (Å²) >= 11 is 30.2. The number of nitrogens with two attached hydrogens (primary N) is 2. The van der Waals surface area contributed by atoms with E-state index in [-0.39, 0.29) is 32.8 Å². The third kappa shape index (κ3) is 37.8. The Morgan fingerprint density at radius 3 is 1.78 bits per heavy atom. The van der Waals surface area contributed by atoms with E-state index in [2.05, 4.69) is 271 Å². The smallest absolute Gasteiger partial charge is 0.367 e. The van der Waals surface area contributed by atoms with Gasteiger partial charge in [-0.2, -0.15) is 73.4 Å². The van der Waals surface area contributed by atoms with Gasteiger partial charge in [-0.05, 0) is 168 Å². The lowest BCUT2D eigenvalue weighted by atomic mass is 9.82. The number of carbonyl (C=O) groups excluding carboxylic acids is 2. The van der Waals surface area contributed by atoms with Crippen LogP contribution in [0.5, 0.6) is 5.75 Å². The zero-order valence-corrected chi connectivity index (χ0v) is 94.4. The lowest BCUT2D eigenvalue weighted by Crippen LogP contribution is -2.43. The Hall–Kier alpha value is -7.15. The van der Waals surface area contributed by atoms with Gasteiger partial charge in [-0.3, -0.25) is 15.9 Å². The molecule has 0 spiro atoms. The number of thiazole rings is 2. The molecule has 6 N–H and O–H groups in total. The molecule has 0 amide bonds. The summed E-state index contributed by atoms with van der Waals surface area (Å²) in [5.41, 5.74) is 21.8. The Morgan fingerprint density at radius 1 is 0.554 bits per heavy atom. The van der Waals surface area contributed by atoms with Crippen LogP contribution in [0.1, 0.15) is 144 Å². The average Bonchev–Trinajstić information content (AvgIpc) is 1.60. The zero-order chi connectivity index (χ0) is 102. The standard InChI is InChI=1S/C18H28N2O3S2.C15H19ClNO2S2.C14H20N2O2S2.C13H16NO2S.C12H13NS.C11H18N3S.C10H11NO3S3.C8H11NS/c1-14-18(2,3)16-13-15(23-4)7-8-17(16)20(14)10-5-6-12-25(21,22)19-9-11-24;1-3-19-15(18)20-9-5-4-8-17-11(2)21-14-7-6-12(16)10-13(14)17;1-10-14(2,3)12-9-11(5-6-13(12)16(10)4)20(17,18)15-7-8-19;1-10-14(8-5-9-17-11(2)15)12-6-3-4-7-13(12)16-10;1-10-6-7-13(8-9-14)12-5-3-2-4-11(10)12;1-10-6-2-3-7-14(10)8-4-5-9-15-11(12)13;1-8-11(6-7-15-17(12,13)14)9-4-2-3-5-10(9)16-8;1-8-2-4-9(5-3-8)6-7-10/h7-8,13,19H,5-6,9-12H2,1-4H3;6-7,10H,3-5,8-9H2,1-2H3;5-6,9,15H,7-8H2,1-4H3;3-4,6-7H,5,8-9H2,1-2H3;2-7H,8-9H2,1H3;2-3,6-7H,4-5,8-9H2,1H3,(H3,12,13);2-5H,6-7H2,1H3;2-5H,6-7H2,1H3/q;+1;;+1;;+1;;/p+5. The maximum absolute atomic E-state index is 12.2. The van der Waals surface area contributed by atoms with Gasteiger partial charge in [-0.25, -0.2) is 53.2 Å². The maximum Gasteiger partial charge on any atom is 0.367 e. The first-order valence-corrected chi connectivity index (χ1v) is 59.7. The number of para-hydroxylation sites is 4. The Balaban J connectivity index is 0.000000218. The highest BCUT2D eigenvalue weighted by molar-refractivity contribution is 8.69. The SMILES string of the molecule is CC(=O)SCCC[n+]1c(C)oc2ccccc21.CC1=[N+](C)c2ccc(S(=O)(=O)NCCS)cc2C1(C)C.CCOC(=O)SCCCC[n+]1c(C)sc2ccc(Cl)cc21.COc1ccc2c(c1)C(C)(C)C(C)=[N+]2CCCCS(=O)(=O)NCCS.Cc1cc[n+](CCS)c2ccccc12.Cc1cc[n+](CCS)cc1.Cc1cccc[n+]1CCCCSC(N)=[NH2+].Cc1sc2ccccc2[n+]1CCSS(=O)(=O)[O-]. The van der Waals surface area contributed by atoms with Crippen LogP contribution in [0, 0.1) is 41.5 Å². The predicted molar refractivity (Wildman–Crippen MR) is 592 cm³/mol. The second-order valence-electron chi connectivity index (χ2n) is 33.8. The molecule has 0 fully saturated rings. The molecule has 754 valence electrons. The number of unbranched alkanes of at least 4 members (excludes halogenated alkanes) is 3. The third-order valence-electron chi connectivity index (χ3n) is 23.3. The number of methoxy groups -OCH3 is 1. The number of thiol groups is 4. The molecule has 0 saturated heterocycles. The van der Waals surface area contributed by atoms with Crippen LogP contribution in [0.25, 0.3) is 42.4 Å². The molecule has 0 radical (unpaired) electrons. The Labute approximate surface area is 875 Å². The van der Waals surface area contributed by atoms with E-state index in [4.69, 9.17) is 36.6 Å². The molecule has 0 saturated carbocycles. The van der Waals surface area contributed by atoms with Crippen LogP contribution >= 0.6 is 131 Å². The van der Waals surface area contributed by atoms with Crippen LogP contribution in [-0.2, 0) is 88.8 Å². The van der Waals surface area contributed by atoms with Crippen molar-refractivity contribution >= 4 is 241 Å². The van der Waals surface area contributed by atoms with Gasteiger partial charge in [0.15, 0.2) is 73.2 Å². The highest BCUT2D eigenvalue weighted by Crippen LogP contribution is 2.43. The number of oxazole rings is 1. The lowest BCUT2D eigenvalue weighted by Gasteiger charge is -2.16. The third-order valence-corrected chi connectivity index (χ3v) is 34.0. The van der Waals surface area contributed by atoms with E-state index in [1.54, 1.807) is 48.8 Å². The number of pyridine rings is 3. The van der Waals surface area contributed by atoms with Gasteiger partial charge in [0.1, 0.15) is 51.0 Å². The number of sulfonamides is 2. The van der Waals surface area contributed by atoms with Gasteiger partial charge in [0.25, 0.3) is 10.7 Å². The average molecular weight is 2170 g/mol. The van der Waals surface area contributed by atoms with Gasteiger partial charge in [0.2, 0.25) is 63.6 Å². The molecule has 14 rings (SSSR count). The first-order valence-electron chi connectivity index (χ1n) is 46.2. The molecule has 0 unspecified atom stereocenters. The maximum atomic E-state index is 12.2. The normalized spacial score (nSPS) is 12.8. The summed E-state index contributed by atoms with van der Waals surface area (Å²) in [5, 5.41) is 10.3. The van der Waals surface area contributed by atoms with Crippen molar-refractivity contribution in [3.05, 3.63) is 237 Å². The number of rotatable bonds is 36. The van der Waals surface area contributed by atoms with Crippen molar-refractivity contribution in [2.24, 2.45) is 5.73 Å². The van der Waals surface area contributed by atoms with Crippen molar-refractivity contribution in [1.82, 2.24) is 9.44 Å². The number of carbonyl (C=O) groups is 2. The number of halogens is 1. The van der Waals surface area contributed by atoms with Gasteiger partial charge in [-0.1, -0.05) is 88.5 Å². The van der Waals surface area contributed by atoms with E-state index in [0.717, 1.165) is 156 Å². The number of benzene rings is 6. The second kappa shape index (κ2) is 59.3. The summed E-state index contributed by atoms with van der Waals surface area (Å²) in [6.45, 7) is 36.1. The quantitative estimate of drug-likeness (QED) is 0.00265. The summed E-state index contributed by atoms with van der Waals surface area (Å²) in [6, 6.07) is 54.6. The minimum atomic E-state index is -4.19. The number of nitrogens with zero attached hydrogens (tertiary/aromatic N) is 8. The van der Waals surface area contributed by atoms with Crippen LogP contribution in [0.15, 0.2) is 198 Å². The highest BCUT2D eigenvalue weighted by Gasteiger charge is 2.44. The fraction of sp³-hybridized carbons (Fsp3) is 0.436. The Bertz CT molecular complexity index is 6480. The first kappa shape index (κ1) is 119. The predicted octanol–water partition coefficient (Wildman–Crippen LogP) is 17.3. The Morgan fingerprint density at radius 2 is 1.14 bits per heavy atom. The number of hydrogen-bond acceptors (Lipinski definition) is 22. The molecule has 0 atom stereocenters. The minimum absolute atomic E-state index is 0.0515. The summed E-state index contributed by atoms with van der Waals surface area (Å²) in [4.78, 5) is 22.4. The molecule has 24 nitrogen and oxygen atoms in total. The van der Waals surface area contributed by atoms with Crippen LogP contribution in [0.3, 0.4) is 0 Å². The van der Waals surface area contributed by atoms with E-state index >= 15 is 0 Å². The molecular weight excluding hydrogens is 2030 g/mol. The number of nitrogens with one attached hydrogen (secondary N) is 2. The number of fused-ring (bicyclic) bond motifs is 6. The summed E-state index contributed by atoms with van der Waals surface area (Å²) in [5.74, 6) is 7.65. The van der Waals surface area contributed by atoms with Crippen molar-refractivity contribution in [1.29, 1.82) is 0 Å². The molecule has 2 aliphatic heterocycles. The van der Waals surface area contributed by atoms with Crippen LogP contribution in [0.2, 0.25) is 5.02 Å². The van der Waals surface area contributed by atoms with Crippen molar-refractivity contribution in [2.75, 3.05) is 92.2 Å². The fourth-order valence-electron chi connectivity index (χ4n) is 15.3. The molecule has 0 bridgehead atoms. The molecule has 0 aliphatic carbocycles. The van der Waals surface area contributed by atoms with Crippen LogP contribution < -0.4 is 52.7 Å². The number of thioether (sulfide) groups is 3. The molecule has 12 aromatic rings. The minimum Gasteiger partial charge on any atom is -0.739 e. The summed E-state index contributed by atoms with van der Waals surface area (Å²) in [6.07, 6.45) is 15.2. The van der Waals surface area contributed by atoms with Crippen molar-refractivity contribution in [3.8, 4) is 5.75 Å². The molecule has 139 heavy (non-hydrogen) atoms. The van der Waals surface area contributed by atoms with Crippen LogP contribution in [-0.4, -0.2) is 158 Å². The summed E-state index contributed by atoms with van der Waals surface area (Å²) < 4.78 is 121. The van der Waals surface area contributed by atoms with Gasteiger partial charge in [-0.15, -0.1) is 0 Å². The molecule has 8 heterocycles. The number of amidine groups is 1. The van der Waals surface area contributed by atoms with Gasteiger partial charge < -0.3 is 18.4 Å². The molecule has 2 aliphatic rings. The molecule has 38 heteroatoms. The molecule has 6 aromatic heterocycles. The monoisotopic (exact) mass is 2160 g/mol. The van der Waals surface area contributed by atoms with E-state index < -0.39 is 29.2 Å². The Kier molecular flexibility index (Phi) is 50.7. The number of ether oxygens (including phenoxy) is 2. The van der Waals surface area contributed by atoms with Crippen molar-refractivity contribution < 1.29 is 95.2 Å². The fourth-order valence-corrected chi connectivity index (χ4v) is 23.9. The first-order chi connectivity index (χ1) is 66.1. The van der Waals surface area contributed by atoms with Gasteiger partial charge >= 0.3 is 11.2 Å². The largest absolute Gasteiger partial charge is 0.739 e. The van der Waals surface area contributed by atoms with E-state index in [1.807, 2.05) is 99.1 Å². The van der Waals surface area contributed by atoms with Gasteiger partial charge in [0, 0.05) is 209 Å². The molecule has 6 aromatic carbocycles. The van der Waals surface area contributed by atoms with Crippen molar-refractivity contribution in [3.63, 3.8) is 0 Å². The second-order valence-corrected chi connectivity index (χ2v) is 49.0. The topological polar surface area (TPSA) is 296 Å². The number of aromatic nitrogens is 6. The molecular formula is C101H141ClN12O12S13+8. The zero-order valence-electron chi connectivity index (χ0n) is 82.8. The number of hydrogen-bond donors (Lipinski definition) is 8.